The Kier molecular flexibility index (Phi) is 8.85. The van der Waals surface area contributed by atoms with Gasteiger partial charge in [-0.1, -0.05) is 36.3 Å². The van der Waals surface area contributed by atoms with Gasteiger partial charge in [0.2, 0.25) is 5.91 Å². The lowest BCUT2D eigenvalue weighted by Crippen LogP contribution is -2.51. The molecule has 2 unspecified atom stereocenters. The molecule has 0 fully saturated rings. The first-order chi connectivity index (χ1) is 16.0. The van der Waals surface area contributed by atoms with E-state index < -0.39 is 29.7 Å². The number of para-hydroxylation sites is 1. The predicted molar refractivity (Wildman–Crippen MR) is 133 cm³/mol. The average Bonchev–Trinajstić information content (AvgIpc) is 2.77. The minimum atomic E-state index is -0.938. The van der Waals surface area contributed by atoms with Gasteiger partial charge in [-0.15, -0.1) is 6.42 Å². The molecule has 0 spiro atoms. The monoisotopic (exact) mass is 463 g/mol. The zero-order chi connectivity index (χ0) is 25.5. The minimum Gasteiger partial charge on any atom is -0.444 e. The van der Waals surface area contributed by atoms with Crippen LogP contribution < -0.4 is 10.6 Å². The molecule has 180 valence electrons. The maximum absolute atomic E-state index is 13.5. The number of alkyl carbamates (subject to hydrolysis) is 1. The van der Waals surface area contributed by atoms with Gasteiger partial charge in [-0.3, -0.25) is 9.59 Å². The van der Waals surface area contributed by atoms with E-state index >= 15 is 0 Å². The number of rotatable bonds is 7. The fourth-order valence-electron chi connectivity index (χ4n) is 3.41. The number of aryl methyl sites for hydroxylation is 1. The summed E-state index contributed by atoms with van der Waals surface area (Å²) in [5, 5.41) is 5.50. The highest BCUT2D eigenvalue weighted by molar-refractivity contribution is 5.99. The summed E-state index contributed by atoms with van der Waals surface area (Å²) in [4.78, 5) is 40.5. The molecule has 2 aromatic rings. The minimum absolute atomic E-state index is 0.238. The molecule has 0 aromatic heterocycles. The Morgan fingerprint density at radius 3 is 2.24 bits per heavy atom. The molecule has 2 atom stereocenters. The molecule has 0 saturated carbocycles. The molecule has 2 N–H and O–H groups in total. The maximum Gasteiger partial charge on any atom is 0.408 e. The van der Waals surface area contributed by atoms with E-state index in [2.05, 4.69) is 16.6 Å². The number of hydrogen-bond acceptors (Lipinski definition) is 4. The summed E-state index contributed by atoms with van der Waals surface area (Å²) in [6.45, 7) is 10.7. The van der Waals surface area contributed by atoms with Crippen molar-refractivity contribution in [3.63, 3.8) is 0 Å². The largest absolute Gasteiger partial charge is 0.444 e. The molecule has 0 aliphatic heterocycles. The lowest BCUT2D eigenvalue weighted by molar-refractivity contribution is -0.140. The zero-order valence-electron chi connectivity index (χ0n) is 20.6. The van der Waals surface area contributed by atoms with Gasteiger partial charge < -0.3 is 20.3 Å². The first kappa shape index (κ1) is 26.5. The summed E-state index contributed by atoms with van der Waals surface area (Å²) >= 11 is 0. The molecule has 0 radical (unpaired) electrons. The molecule has 2 rings (SSSR count). The molecule has 0 aliphatic rings. The molecule has 7 nitrogen and oxygen atoms in total. The van der Waals surface area contributed by atoms with Crippen LogP contribution in [0.2, 0.25) is 0 Å². The average molecular weight is 464 g/mol. The van der Waals surface area contributed by atoms with Crippen molar-refractivity contribution in [1.82, 2.24) is 10.2 Å². The Morgan fingerprint density at radius 1 is 1.09 bits per heavy atom. The maximum atomic E-state index is 13.5. The van der Waals surface area contributed by atoms with Gasteiger partial charge in [0, 0.05) is 17.8 Å². The number of nitrogens with one attached hydrogen (secondary N) is 2. The summed E-state index contributed by atoms with van der Waals surface area (Å²) in [6, 6.07) is 12.5. The summed E-state index contributed by atoms with van der Waals surface area (Å²) in [7, 11) is 0. The Hall–Kier alpha value is -3.79. The summed E-state index contributed by atoms with van der Waals surface area (Å²) in [5.41, 5.74) is 2.11. The van der Waals surface area contributed by atoms with E-state index in [1.54, 1.807) is 65.0 Å². The number of ether oxygens (including phenoxy) is 1. The van der Waals surface area contributed by atoms with Gasteiger partial charge in [0.1, 0.15) is 17.7 Å². The summed E-state index contributed by atoms with van der Waals surface area (Å²) in [5.74, 6) is 1.76. The molecule has 2 aromatic carbocycles. The molecule has 3 amide bonds. The number of benzene rings is 2. The Morgan fingerprint density at radius 2 is 1.71 bits per heavy atom. The highest BCUT2D eigenvalue weighted by atomic mass is 16.6. The number of nitrogens with zero attached hydrogens (tertiary/aromatic N) is 1. The quantitative estimate of drug-likeness (QED) is 0.595. The molecular weight excluding hydrogens is 430 g/mol. The second kappa shape index (κ2) is 11.4. The number of carbonyl (C=O) groups excluding carboxylic acids is 3. The third kappa shape index (κ3) is 7.11. The van der Waals surface area contributed by atoms with E-state index in [0.717, 1.165) is 5.56 Å². The predicted octanol–water partition coefficient (Wildman–Crippen LogP) is 4.42. The van der Waals surface area contributed by atoms with Crippen molar-refractivity contribution in [3.8, 4) is 12.3 Å². The van der Waals surface area contributed by atoms with Crippen molar-refractivity contribution in [2.45, 2.75) is 59.2 Å². The van der Waals surface area contributed by atoms with Crippen LogP contribution in [-0.2, 0) is 14.3 Å². The third-order valence-corrected chi connectivity index (χ3v) is 5.08. The second-order valence-electron chi connectivity index (χ2n) is 8.97. The van der Waals surface area contributed by atoms with Crippen LogP contribution in [0.25, 0.3) is 0 Å². The van der Waals surface area contributed by atoms with Crippen molar-refractivity contribution in [3.05, 3.63) is 65.2 Å². The molecule has 0 aliphatic carbocycles. The van der Waals surface area contributed by atoms with Crippen LogP contribution >= 0.6 is 0 Å². The van der Waals surface area contributed by atoms with Crippen molar-refractivity contribution >= 4 is 23.6 Å². The van der Waals surface area contributed by atoms with Gasteiger partial charge in [-0.2, -0.15) is 0 Å². The van der Waals surface area contributed by atoms with Crippen molar-refractivity contribution in [2.24, 2.45) is 0 Å². The molecule has 0 heterocycles. The number of amides is 3. The van der Waals surface area contributed by atoms with E-state index in [4.69, 9.17) is 11.2 Å². The fraction of sp³-hybridized carbons (Fsp3) is 0.370. The normalized spacial score (nSPS) is 12.6. The third-order valence-electron chi connectivity index (χ3n) is 5.08. The number of terminal acetylenes is 1. The van der Waals surface area contributed by atoms with Crippen LogP contribution in [-0.4, -0.2) is 41.0 Å². The molecule has 0 bridgehead atoms. The van der Waals surface area contributed by atoms with Crippen molar-refractivity contribution < 1.29 is 19.1 Å². The van der Waals surface area contributed by atoms with Crippen LogP contribution in [0.4, 0.5) is 10.5 Å². The molecule has 0 saturated heterocycles. The zero-order valence-corrected chi connectivity index (χ0v) is 20.6. The molecular formula is C27H33N3O4. The topological polar surface area (TPSA) is 87.7 Å². The summed E-state index contributed by atoms with van der Waals surface area (Å²) in [6.07, 6.45) is 4.77. The van der Waals surface area contributed by atoms with Gasteiger partial charge >= 0.3 is 6.09 Å². The Bertz CT molecular complexity index is 1060. The van der Waals surface area contributed by atoms with E-state index in [1.165, 1.54) is 4.90 Å². The first-order valence-electron chi connectivity index (χ1n) is 11.2. The Balaban J connectivity index is 2.37. The van der Waals surface area contributed by atoms with Crippen LogP contribution in [0.3, 0.4) is 0 Å². The number of likely N-dealkylation sites (N-methyl/N-ethyl adjacent to an activating group) is 1. The van der Waals surface area contributed by atoms with Gasteiger partial charge in [-0.05, 0) is 70.9 Å². The Labute approximate surface area is 201 Å². The van der Waals surface area contributed by atoms with Crippen LogP contribution in [0.5, 0.6) is 0 Å². The fourth-order valence-corrected chi connectivity index (χ4v) is 3.41. The van der Waals surface area contributed by atoms with Crippen LogP contribution in [0.1, 0.15) is 57.4 Å². The van der Waals surface area contributed by atoms with E-state index in [9.17, 15) is 14.4 Å². The number of carbonyl (C=O) groups is 3. The number of hydrogen-bond donors (Lipinski definition) is 2. The summed E-state index contributed by atoms with van der Waals surface area (Å²) < 4.78 is 5.26. The van der Waals surface area contributed by atoms with Gasteiger partial charge in [0.15, 0.2) is 0 Å². The second-order valence-corrected chi connectivity index (χ2v) is 8.97. The SMILES string of the molecule is C#Cc1ccc(C(C(=O)Nc2ccccc2C)N(CC)C(=O)C(C)NC(=O)OC(C)(C)C)cc1. The van der Waals surface area contributed by atoms with Crippen molar-refractivity contribution in [1.29, 1.82) is 0 Å². The lowest BCUT2D eigenvalue weighted by Gasteiger charge is -2.33. The highest BCUT2D eigenvalue weighted by Crippen LogP contribution is 2.25. The smallest absolute Gasteiger partial charge is 0.408 e. The number of anilines is 1. The van der Waals surface area contributed by atoms with E-state index in [0.29, 0.717) is 16.8 Å². The van der Waals surface area contributed by atoms with Crippen LogP contribution in [0, 0.1) is 19.3 Å². The highest BCUT2D eigenvalue weighted by Gasteiger charge is 2.34. The van der Waals surface area contributed by atoms with Crippen LogP contribution in [0.15, 0.2) is 48.5 Å². The molecule has 7 heteroatoms. The molecule has 34 heavy (non-hydrogen) atoms. The van der Waals surface area contributed by atoms with Gasteiger partial charge in [0.05, 0.1) is 0 Å². The van der Waals surface area contributed by atoms with Gasteiger partial charge in [-0.25, -0.2) is 4.79 Å². The van der Waals surface area contributed by atoms with Crippen molar-refractivity contribution in [2.75, 3.05) is 11.9 Å². The lowest BCUT2D eigenvalue weighted by atomic mass is 10.0. The van der Waals surface area contributed by atoms with Gasteiger partial charge in [0.25, 0.3) is 5.91 Å². The first-order valence-corrected chi connectivity index (χ1v) is 11.2. The van der Waals surface area contributed by atoms with E-state index in [1.807, 2.05) is 25.1 Å². The standard InChI is InChI=1S/C27H33N3O4/c1-8-20-14-16-21(17-15-20)23(24(31)29-22-13-11-10-12-18(22)3)30(9-2)25(32)19(4)28-26(33)34-27(5,6)7/h1,10-17,19,23H,9H2,2-7H3,(H,28,33)(H,29,31). The van der Waals surface area contributed by atoms with E-state index in [-0.39, 0.29) is 12.5 Å².